The van der Waals surface area contributed by atoms with Gasteiger partial charge in [0, 0.05) is 18.9 Å². The van der Waals surface area contributed by atoms with Gasteiger partial charge in [-0.15, -0.1) is 6.58 Å². The highest BCUT2D eigenvalue weighted by Crippen LogP contribution is 2.19. The van der Waals surface area contributed by atoms with Crippen molar-refractivity contribution in [2.24, 2.45) is 0 Å². The first kappa shape index (κ1) is 19.7. The van der Waals surface area contributed by atoms with Crippen LogP contribution in [0.3, 0.4) is 0 Å². The molecule has 0 aliphatic heterocycles. The first-order chi connectivity index (χ1) is 11.5. The average Bonchev–Trinajstić information content (AvgIpc) is 2.55. The molecule has 0 saturated carbocycles. The Bertz CT molecular complexity index is 562. The van der Waals surface area contributed by atoms with Gasteiger partial charge in [-0.05, 0) is 25.5 Å². The highest BCUT2D eigenvalue weighted by molar-refractivity contribution is 5.89. The van der Waals surface area contributed by atoms with Gasteiger partial charge in [0.15, 0.2) is 0 Å². The van der Waals surface area contributed by atoms with Gasteiger partial charge in [0.1, 0.15) is 12.2 Å². The van der Waals surface area contributed by atoms with Crippen molar-refractivity contribution < 1.29 is 19.1 Å². The van der Waals surface area contributed by atoms with Crippen LogP contribution in [0.25, 0.3) is 0 Å². The number of esters is 2. The summed E-state index contributed by atoms with van der Waals surface area (Å²) in [5.41, 5.74) is 1.42. The Labute approximate surface area is 144 Å². The van der Waals surface area contributed by atoms with Crippen LogP contribution in [-0.2, 0) is 14.3 Å². The molecule has 1 rings (SSSR count). The fraction of sp³-hybridized carbons (Fsp3) is 0.400. The molecule has 0 heterocycles. The van der Waals surface area contributed by atoms with Crippen LogP contribution < -0.4 is 0 Å². The van der Waals surface area contributed by atoms with E-state index in [0.717, 1.165) is 18.1 Å². The number of hydrogen-bond acceptors (Lipinski definition) is 4. The second-order valence-electron chi connectivity index (χ2n) is 5.84. The molecule has 0 radical (unpaired) electrons. The van der Waals surface area contributed by atoms with E-state index in [0.29, 0.717) is 24.8 Å². The van der Waals surface area contributed by atoms with Gasteiger partial charge in [-0.25, -0.2) is 9.59 Å². The van der Waals surface area contributed by atoms with E-state index in [1.54, 1.807) is 24.3 Å². The maximum atomic E-state index is 12.2. The van der Waals surface area contributed by atoms with Gasteiger partial charge in [-0.3, -0.25) is 0 Å². The largest absolute Gasteiger partial charge is 0.459 e. The van der Waals surface area contributed by atoms with Crippen molar-refractivity contribution >= 4 is 11.9 Å². The fourth-order valence-electron chi connectivity index (χ4n) is 2.41. The van der Waals surface area contributed by atoms with Crippen molar-refractivity contribution in [1.82, 2.24) is 0 Å². The average molecular weight is 330 g/mol. The molecular formula is C20H26O4. The molecule has 1 aromatic carbocycles. The molecule has 0 aliphatic rings. The Morgan fingerprint density at radius 1 is 1.17 bits per heavy atom. The first-order valence-electron chi connectivity index (χ1n) is 8.19. The van der Waals surface area contributed by atoms with Crippen molar-refractivity contribution in [3.05, 3.63) is 60.7 Å². The van der Waals surface area contributed by atoms with Gasteiger partial charge >= 0.3 is 11.9 Å². The summed E-state index contributed by atoms with van der Waals surface area (Å²) in [5.74, 6) is -0.843. The number of carbonyl (C=O) groups excluding carboxylic acids is 2. The minimum Gasteiger partial charge on any atom is -0.459 e. The summed E-state index contributed by atoms with van der Waals surface area (Å²) < 4.78 is 11.0. The van der Waals surface area contributed by atoms with E-state index in [1.807, 2.05) is 19.9 Å². The summed E-state index contributed by atoms with van der Waals surface area (Å²) in [6.45, 7) is 11.2. The molecule has 0 saturated heterocycles. The van der Waals surface area contributed by atoms with Gasteiger partial charge < -0.3 is 9.47 Å². The predicted molar refractivity (Wildman–Crippen MR) is 94.7 cm³/mol. The quantitative estimate of drug-likeness (QED) is 0.361. The molecule has 0 fully saturated rings. The third-order valence-corrected chi connectivity index (χ3v) is 3.45. The minimum atomic E-state index is -0.481. The number of benzene rings is 1. The Hall–Kier alpha value is -2.36. The van der Waals surface area contributed by atoms with Crippen LogP contribution >= 0.6 is 0 Å². The van der Waals surface area contributed by atoms with Crippen LogP contribution in [-0.4, -0.2) is 24.1 Å². The van der Waals surface area contributed by atoms with Crippen LogP contribution in [0.5, 0.6) is 0 Å². The van der Waals surface area contributed by atoms with Gasteiger partial charge in [0.05, 0.1) is 5.56 Å². The molecule has 4 heteroatoms. The molecule has 0 aromatic heterocycles. The molecule has 1 aromatic rings. The standard InChI is InChI=1S/C20H26O4/c1-5-10-17(24-20(22)16-11-8-7-9-12-16)14-18(13-15(3)4)23-19(21)6-2/h6-9,11-12,17-18H,2-3,5,10,13-14H2,1,4H3/t17-,18-/m0/s1. The summed E-state index contributed by atoms with van der Waals surface area (Å²) in [5, 5.41) is 0. The zero-order chi connectivity index (χ0) is 17.9. The third-order valence-electron chi connectivity index (χ3n) is 3.45. The van der Waals surface area contributed by atoms with E-state index in [4.69, 9.17) is 9.47 Å². The van der Waals surface area contributed by atoms with Crippen molar-refractivity contribution in [3.8, 4) is 0 Å². The Balaban J connectivity index is 2.76. The second-order valence-corrected chi connectivity index (χ2v) is 5.84. The van der Waals surface area contributed by atoms with E-state index in [2.05, 4.69) is 13.2 Å². The van der Waals surface area contributed by atoms with E-state index in [-0.39, 0.29) is 18.2 Å². The Morgan fingerprint density at radius 2 is 1.83 bits per heavy atom. The molecule has 0 N–H and O–H groups in total. The molecule has 2 atom stereocenters. The molecule has 0 amide bonds. The highest BCUT2D eigenvalue weighted by Gasteiger charge is 2.22. The smallest absolute Gasteiger partial charge is 0.338 e. The summed E-state index contributed by atoms with van der Waals surface area (Å²) in [7, 11) is 0. The third kappa shape index (κ3) is 7.27. The summed E-state index contributed by atoms with van der Waals surface area (Å²) in [6, 6.07) is 8.86. The Kier molecular flexibility index (Phi) is 8.55. The van der Waals surface area contributed by atoms with Crippen LogP contribution in [0.2, 0.25) is 0 Å². The summed E-state index contributed by atoms with van der Waals surface area (Å²) in [4.78, 5) is 23.8. The van der Waals surface area contributed by atoms with Crippen molar-refractivity contribution in [2.45, 2.75) is 51.7 Å². The molecule has 24 heavy (non-hydrogen) atoms. The van der Waals surface area contributed by atoms with Gasteiger partial charge in [0.25, 0.3) is 0 Å². The normalized spacial score (nSPS) is 12.8. The number of rotatable bonds is 10. The molecule has 0 spiro atoms. The monoisotopic (exact) mass is 330 g/mol. The summed E-state index contributed by atoms with van der Waals surface area (Å²) >= 11 is 0. The number of hydrogen-bond donors (Lipinski definition) is 0. The zero-order valence-corrected chi connectivity index (χ0v) is 14.5. The van der Waals surface area contributed by atoms with E-state index in [1.165, 1.54) is 0 Å². The molecule has 0 bridgehead atoms. The maximum Gasteiger partial charge on any atom is 0.338 e. The van der Waals surface area contributed by atoms with Crippen LogP contribution in [0.15, 0.2) is 55.1 Å². The van der Waals surface area contributed by atoms with Gasteiger partial charge in [0.2, 0.25) is 0 Å². The lowest BCUT2D eigenvalue weighted by Gasteiger charge is -2.23. The maximum absolute atomic E-state index is 12.2. The predicted octanol–water partition coefficient (Wildman–Crippen LogP) is 4.47. The van der Waals surface area contributed by atoms with Crippen LogP contribution in [0.4, 0.5) is 0 Å². The molecule has 4 nitrogen and oxygen atoms in total. The van der Waals surface area contributed by atoms with E-state index in [9.17, 15) is 9.59 Å². The molecular weight excluding hydrogens is 304 g/mol. The lowest BCUT2D eigenvalue weighted by molar-refractivity contribution is -0.144. The van der Waals surface area contributed by atoms with Crippen molar-refractivity contribution in [2.75, 3.05) is 0 Å². The highest BCUT2D eigenvalue weighted by atomic mass is 16.6. The Morgan fingerprint density at radius 3 is 2.38 bits per heavy atom. The van der Waals surface area contributed by atoms with Crippen molar-refractivity contribution in [1.29, 1.82) is 0 Å². The number of carbonyl (C=O) groups is 2. The lowest BCUT2D eigenvalue weighted by Crippen LogP contribution is -2.27. The molecule has 130 valence electrons. The van der Waals surface area contributed by atoms with Gasteiger partial charge in [-0.1, -0.05) is 43.7 Å². The minimum absolute atomic E-state index is 0.315. The first-order valence-corrected chi connectivity index (χ1v) is 8.19. The van der Waals surface area contributed by atoms with Crippen LogP contribution in [0.1, 0.15) is 49.9 Å². The van der Waals surface area contributed by atoms with E-state index < -0.39 is 5.97 Å². The SMILES string of the molecule is C=CC(=O)O[C@@H](CC(=C)C)C[C@H](CCC)OC(=O)c1ccccc1. The topological polar surface area (TPSA) is 52.6 Å². The van der Waals surface area contributed by atoms with E-state index >= 15 is 0 Å². The van der Waals surface area contributed by atoms with Crippen LogP contribution in [0, 0.1) is 0 Å². The number of ether oxygens (including phenoxy) is 2. The summed E-state index contributed by atoms with van der Waals surface area (Å²) in [6.07, 6.45) is 2.98. The second kappa shape index (κ2) is 10.4. The fourth-order valence-corrected chi connectivity index (χ4v) is 2.41. The lowest BCUT2D eigenvalue weighted by atomic mass is 10.0. The van der Waals surface area contributed by atoms with Crippen molar-refractivity contribution in [3.63, 3.8) is 0 Å². The zero-order valence-electron chi connectivity index (χ0n) is 14.5. The molecule has 0 unspecified atom stereocenters. The molecule has 0 aliphatic carbocycles. The van der Waals surface area contributed by atoms with Gasteiger partial charge in [-0.2, -0.15) is 0 Å².